The van der Waals surface area contributed by atoms with E-state index >= 15 is 0 Å². The van der Waals surface area contributed by atoms with Gasteiger partial charge in [0.2, 0.25) is 0 Å². The van der Waals surface area contributed by atoms with Crippen molar-refractivity contribution >= 4 is 35.4 Å². The molecule has 0 aliphatic rings. The van der Waals surface area contributed by atoms with Crippen molar-refractivity contribution in [3.8, 4) is 0 Å². The van der Waals surface area contributed by atoms with Gasteiger partial charge in [0.05, 0.1) is 11.4 Å². The van der Waals surface area contributed by atoms with Gasteiger partial charge in [0.25, 0.3) is 5.91 Å². The van der Waals surface area contributed by atoms with E-state index in [1.165, 1.54) is 12.1 Å². The van der Waals surface area contributed by atoms with E-state index in [1.54, 1.807) is 62.5 Å². The number of nitrogens with zero attached hydrogens (tertiary/aromatic N) is 2. The number of hydrogen-bond donors (Lipinski definition) is 3. The van der Waals surface area contributed by atoms with E-state index in [-0.39, 0.29) is 5.91 Å². The number of ether oxygens (including phenoxy) is 1. The first kappa shape index (κ1) is 20.8. The van der Waals surface area contributed by atoms with Gasteiger partial charge in [0, 0.05) is 38.3 Å². The molecule has 0 aliphatic carbocycles. The van der Waals surface area contributed by atoms with Crippen molar-refractivity contribution in [1.29, 1.82) is 0 Å². The molecule has 0 saturated heterocycles. The van der Waals surface area contributed by atoms with Crippen molar-refractivity contribution in [3.05, 3.63) is 42.0 Å². The molecule has 2 heterocycles. The molecule has 2 aromatic heterocycles. The molecule has 0 bridgehead atoms. The number of carboxylic acids is 1. The van der Waals surface area contributed by atoms with E-state index in [4.69, 9.17) is 9.84 Å². The molecule has 0 unspecified atom stereocenters. The molecule has 0 aromatic carbocycles. The molecule has 2 rings (SSSR count). The topological polar surface area (TPSA) is 115 Å². The Kier molecular flexibility index (Phi) is 5.97. The fourth-order valence-electron chi connectivity index (χ4n) is 2.45. The molecule has 2 amide bonds. The summed E-state index contributed by atoms with van der Waals surface area (Å²) in [6.45, 7) is 5.28. The van der Waals surface area contributed by atoms with Gasteiger partial charge in [-0.25, -0.2) is 9.59 Å². The van der Waals surface area contributed by atoms with E-state index in [9.17, 15) is 14.4 Å². The van der Waals surface area contributed by atoms with Gasteiger partial charge >= 0.3 is 12.1 Å². The minimum atomic E-state index is -1.05. The molecular weight excluding hydrogens is 364 g/mol. The Balaban J connectivity index is 2.09. The number of carbonyl (C=O) groups is 3. The van der Waals surface area contributed by atoms with Gasteiger partial charge in [0.1, 0.15) is 11.3 Å². The number of hydrogen-bond acceptors (Lipinski definition) is 4. The largest absolute Gasteiger partial charge is 0.478 e. The monoisotopic (exact) mass is 388 g/mol. The first-order valence-electron chi connectivity index (χ1n) is 8.50. The number of aromatic nitrogens is 2. The molecule has 150 valence electrons. The minimum Gasteiger partial charge on any atom is -0.478 e. The highest BCUT2D eigenvalue weighted by Crippen LogP contribution is 2.19. The predicted octanol–water partition coefficient (Wildman–Crippen LogP) is 3.06. The number of anilines is 2. The number of rotatable bonds is 5. The number of nitrogens with one attached hydrogen (secondary N) is 2. The Hall–Kier alpha value is -3.49. The zero-order chi connectivity index (χ0) is 21.1. The molecule has 0 atom stereocenters. The van der Waals surface area contributed by atoms with Crippen LogP contribution in [0.25, 0.3) is 6.08 Å². The van der Waals surface area contributed by atoms with Crippen molar-refractivity contribution in [2.75, 3.05) is 10.6 Å². The summed E-state index contributed by atoms with van der Waals surface area (Å²) in [5.74, 6) is -1.43. The highest BCUT2D eigenvalue weighted by molar-refractivity contribution is 6.04. The van der Waals surface area contributed by atoms with E-state index in [0.29, 0.717) is 22.8 Å². The Morgan fingerprint density at radius 1 is 1.04 bits per heavy atom. The quantitative estimate of drug-likeness (QED) is 0.681. The Labute approximate surface area is 162 Å². The van der Waals surface area contributed by atoms with Crippen molar-refractivity contribution in [2.24, 2.45) is 14.1 Å². The van der Waals surface area contributed by atoms with E-state index < -0.39 is 17.7 Å². The maximum Gasteiger partial charge on any atom is 0.412 e. The van der Waals surface area contributed by atoms with Crippen LogP contribution in [0, 0.1) is 0 Å². The van der Waals surface area contributed by atoms with Crippen LogP contribution in [-0.2, 0) is 23.6 Å². The second-order valence-electron chi connectivity index (χ2n) is 7.24. The van der Waals surface area contributed by atoms with Crippen molar-refractivity contribution in [1.82, 2.24) is 9.13 Å². The maximum atomic E-state index is 12.6. The summed E-state index contributed by atoms with van der Waals surface area (Å²) < 4.78 is 8.46. The number of carbonyl (C=O) groups excluding carboxylic acids is 2. The highest BCUT2D eigenvalue weighted by atomic mass is 16.6. The van der Waals surface area contributed by atoms with Gasteiger partial charge in [-0.15, -0.1) is 0 Å². The van der Waals surface area contributed by atoms with Crippen molar-refractivity contribution < 1.29 is 24.2 Å². The second kappa shape index (κ2) is 8.03. The summed E-state index contributed by atoms with van der Waals surface area (Å²) in [4.78, 5) is 35.1. The van der Waals surface area contributed by atoms with Crippen LogP contribution >= 0.6 is 0 Å². The molecule has 28 heavy (non-hydrogen) atoms. The molecular formula is C19H24N4O5. The Bertz CT molecular complexity index is 931. The molecule has 0 radical (unpaired) electrons. The molecule has 0 saturated carbocycles. The molecule has 2 aromatic rings. The first-order valence-corrected chi connectivity index (χ1v) is 8.50. The lowest BCUT2D eigenvalue weighted by molar-refractivity contribution is -0.131. The second-order valence-corrected chi connectivity index (χ2v) is 7.24. The minimum absolute atomic E-state index is 0.331. The summed E-state index contributed by atoms with van der Waals surface area (Å²) in [7, 11) is 3.42. The molecule has 0 aliphatic heterocycles. The number of aryl methyl sites for hydroxylation is 2. The molecule has 0 spiro atoms. The Morgan fingerprint density at radius 3 is 2.25 bits per heavy atom. The van der Waals surface area contributed by atoms with E-state index in [1.807, 2.05) is 0 Å². The standard InChI is InChI=1S/C19H24N4O5/c1-19(2,3)28-18(27)21-13-9-15(23(5)11-13)17(26)20-12-8-14(22(4)10-12)6-7-16(24)25/h6-11H,1-5H3,(H,20,26)(H,21,27)(H,24,25)/b7-6+. The van der Waals surface area contributed by atoms with Gasteiger partial charge in [-0.1, -0.05) is 0 Å². The summed E-state index contributed by atoms with van der Waals surface area (Å²) in [6.07, 6.45) is 5.12. The van der Waals surface area contributed by atoms with Crippen LogP contribution in [0.4, 0.5) is 16.2 Å². The highest BCUT2D eigenvalue weighted by Gasteiger charge is 2.18. The van der Waals surface area contributed by atoms with Gasteiger partial charge in [-0.3, -0.25) is 10.1 Å². The summed E-state index contributed by atoms with van der Waals surface area (Å²) in [5, 5.41) is 14.1. The number of amides is 2. The number of carboxylic acid groups (broad SMARTS) is 1. The Morgan fingerprint density at radius 2 is 1.64 bits per heavy atom. The van der Waals surface area contributed by atoms with Crippen LogP contribution in [0.5, 0.6) is 0 Å². The SMILES string of the molecule is Cn1cc(NC(=O)c2cc(NC(=O)OC(C)(C)C)cn2C)cc1/C=C/C(=O)O. The van der Waals surface area contributed by atoms with E-state index in [0.717, 1.165) is 6.08 Å². The zero-order valence-corrected chi connectivity index (χ0v) is 16.4. The lowest BCUT2D eigenvalue weighted by Crippen LogP contribution is -2.27. The molecule has 3 N–H and O–H groups in total. The third-order valence-electron chi connectivity index (χ3n) is 3.58. The molecule has 9 nitrogen and oxygen atoms in total. The average molecular weight is 388 g/mol. The van der Waals surface area contributed by atoms with Crippen LogP contribution in [0.15, 0.2) is 30.6 Å². The van der Waals surface area contributed by atoms with Crippen molar-refractivity contribution in [2.45, 2.75) is 26.4 Å². The fraction of sp³-hybridized carbons (Fsp3) is 0.316. The smallest absolute Gasteiger partial charge is 0.412 e. The zero-order valence-electron chi connectivity index (χ0n) is 16.4. The maximum absolute atomic E-state index is 12.6. The first-order chi connectivity index (χ1) is 12.9. The van der Waals surface area contributed by atoms with Crippen LogP contribution in [0.1, 0.15) is 37.0 Å². The van der Waals surface area contributed by atoms with Crippen LogP contribution in [0.2, 0.25) is 0 Å². The molecule has 9 heteroatoms. The molecule has 0 fully saturated rings. The normalized spacial score (nSPS) is 11.5. The summed E-state index contributed by atoms with van der Waals surface area (Å²) >= 11 is 0. The van der Waals surface area contributed by atoms with Crippen LogP contribution in [-0.4, -0.2) is 37.8 Å². The average Bonchev–Trinajstić information content (AvgIpc) is 3.05. The number of aliphatic carboxylic acids is 1. The summed E-state index contributed by atoms with van der Waals surface area (Å²) in [5.41, 5.74) is 1.27. The van der Waals surface area contributed by atoms with Gasteiger partial charge < -0.3 is 24.3 Å². The third-order valence-corrected chi connectivity index (χ3v) is 3.58. The van der Waals surface area contributed by atoms with Gasteiger partial charge in [-0.2, -0.15) is 0 Å². The van der Waals surface area contributed by atoms with Crippen molar-refractivity contribution in [3.63, 3.8) is 0 Å². The predicted molar refractivity (Wildman–Crippen MR) is 105 cm³/mol. The lowest BCUT2D eigenvalue weighted by Gasteiger charge is -2.19. The van der Waals surface area contributed by atoms with Crippen LogP contribution < -0.4 is 10.6 Å². The van der Waals surface area contributed by atoms with Crippen LogP contribution in [0.3, 0.4) is 0 Å². The summed E-state index contributed by atoms with van der Waals surface area (Å²) in [6, 6.07) is 3.19. The lowest BCUT2D eigenvalue weighted by atomic mass is 10.2. The van der Waals surface area contributed by atoms with Gasteiger partial charge in [-0.05, 0) is 39.0 Å². The fourth-order valence-corrected chi connectivity index (χ4v) is 2.45. The van der Waals surface area contributed by atoms with E-state index in [2.05, 4.69) is 10.6 Å². The third kappa shape index (κ3) is 5.76. The van der Waals surface area contributed by atoms with Gasteiger partial charge in [0.15, 0.2) is 0 Å².